The minimum absolute atomic E-state index is 0.0403. The third-order valence-corrected chi connectivity index (χ3v) is 5.57. The molecule has 1 aromatic carbocycles. The van der Waals surface area contributed by atoms with Crippen LogP contribution in [0.4, 0.5) is 10.1 Å². The molecule has 0 aliphatic carbocycles. The fraction of sp³-hybridized carbons (Fsp3) is 0.238. The summed E-state index contributed by atoms with van der Waals surface area (Å²) in [6.07, 6.45) is 3.16. The Kier molecular flexibility index (Phi) is 5.47. The zero-order chi connectivity index (χ0) is 22.9. The first-order valence-electron chi connectivity index (χ1n) is 10.1. The molecule has 1 fully saturated rings. The molecule has 0 amide bonds. The van der Waals surface area contributed by atoms with Crippen molar-refractivity contribution in [2.75, 3.05) is 18.0 Å². The van der Waals surface area contributed by atoms with E-state index < -0.39 is 5.82 Å². The Morgan fingerprint density at radius 2 is 2.06 bits per heavy atom. The highest BCUT2D eigenvalue weighted by Crippen LogP contribution is 2.27. The Balaban J connectivity index is 1.31. The van der Waals surface area contributed by atoms with Crippen LogP contribution in [0.25, 0.3) is 11.3 Å². The zero-order valence-electron chi connectivity index (χ0n) is 17.5. The number of hydrogen-bond acceptors (Lipinski definition) is 8. The molecule has 3 aromatic heterocycles. The van der Waals surface area contributed by atoms with Crippen LogP contribution in [0.1, 0.15) is 5.69 Å². The van der Waals surface area contributed by atoms with E-state index in [0.29, 0.717) is 36.0 Å². The van der Waals surface area contributed by atoms with Crippen molar-refractivity contribution < 1.29 is 9.13 Å². The Labute approximate surface area is 192 Å². The SMILES string of the molecule is Cn1nnc(-c2ccc(Cl)cc2F)c1Cn1ncc(N2CC(Oc3cccnn3)C2)cc1=O. The first-order valence-corrected chi connectivity index (χ1v) is 10.5. The van der Waals surface area contributed by atoms with E-state index in [4.69, 9.17) is 16.3 Å². The topological polar surface area (TPSA) is 104 Å². The second-order valence-electron chi connectivity index (χ2n) is 7.55. The smallest absolute Gasteiger partial charge is 0.269 e. The minimum Gasteiger partial charge on any atom is -0.469 e. The average molecular weight is 469 g/mol. The highest BCUT2D eigenvalue weighted by molar-refractivity contribution is 6.30. The third kappa shape index (κ3) is 4.27. The number of aryl methyl sites for hydroxylation is 1. The van der Waals surface area contributed by atoms with Crippen LogP contribution in [0.5, 0.6) is 5.88 Å². The van der Waals surface area contributed by atoms with Gasteiger partial charge in [-0.1, -0.05) is 16.8 Å². The molecule has 1 aliphatic rings. The van der Waals surface area contributed by atoms with Crippen LogP contribution in [-0.2, 0) is 13.6 Å². The molecule has 12 heteroatoms. The quantitative estimate of drug-likeness (QED) is 0.423. The van der Waals surface area contributed by atoms with E-state index >= 15 is 0 Å². The van der Waals surface area contributed by atoms with Crippen molar-refractivity contribution in [3.63, 3.8) is 0 Å². The molecule has 0 radical (unpaired) electrons. The summed E-state index contributed by atoms with van der Waals surface area (Å²) in [5.74, 6) is -0.0515. The van der Waals surface area contributed by atoms with E-state index in [1.54, 1.807) is 37.6 Å². The number of rotatable bonds is 6. The van der Waals surface area contributed by atoms with Gasteiger partial charge >= 0.3 is 0 Å². The molecule has 1 aliphatic heterocycles. The summed E-state index contributed by atoms with van der Waals surface area (Å²) in [5, 5.41) is 20.3. The first kappa shape index (κ1) is 21.0. The zero-order valence-corrected chi connectivity index (χ0v) is 18.2. The monoisotopic (exact) mass is 468 g/mol. The predicted octanol–water partition coefficient (Wildman–Crippen LogP) is 1.94. The van der Waals surface area contributed by atoms with Crippen molar-refractivity contribution in [2.45, 2.75) is 12.6 Å². The maximum absolute atomic E-state index is 14.4. The lowest BCUT2D eigenvalue weighted by molar-refractivity contribution is 0.159. The highest BCUT2D eigenvalue weighted by Gasteiger charge is 2.30. The molecule has 4 aromatic rings. The van der Waals surface area contributed by atoms with Gasteiger partial charge in [0.25, 0.3) is 5.56 Å². The van der Waals surface area contributed by atoms with Crippen molar-refractivity contribution in [1.29, 1.82) is 0 Å². The lowest BCUT2D eigenvalue weighted by atomic mass is 10.1. The second kappa shape index (κ2) is 8.58. The molecule has 0 spiro atoms. The van der Waals surface area contributed by atoms with Gasteiger partial charge < -0.3 is 9.64 Å². The van der Waals surface area contributed by atoms with Crippen molar-refractivity contribution in [3.8, 4) is 17.1 Å². The number of hydrogen-bond donors (Lipinski definition) is 0. The number of nitrogens with zero attached hydrogens (tertiary/aromatic N) is 8. The Hall–Kier alpha value is -3.86. The first-order chi connectivity index (χ1) is 16.0. The molecule has 0 bridgehead atoms. The maximum atomic E-state index is 14.4. The highest BCUT2D eigenvalue weighted by atomic mass is 35.5. The van der Waals surface area contributed by atoms with Crippen LogP contribution in [0.3, 0.4) is 0 Å². The lowest BCUT2D eigenvalue weighted by Crippen LogP contribution is -2.54. The Morgan fingerprint density at radius 1 is 1.21 bits per heavy atom. The van der Waals surface area contributed by atoms with Crippen LogP contribution in [0.2, 0.25) is 5.02 Å². The molecule has 10 nitrogen and oxygen atoms in total. The summed E-state index contributed by atoms with van der Waals surface area (Å²) >= 11 is 5.85. The summed E-state index contributed by atoms with van der Waals surface area (Å²) in [4.78, 5) is 14.7. The van der Waals surface area contributed by atoms with Gasteiger partial charge in [0.15, 0.2) is 0 Å². The number of aromatic nitrogens is 7. The fourth-order valence-corrected chi connectivity index (χ4v) is 3.71. The summed E-state index contributed by atoms with van der Waals surface area (Å²) < 4.78 is 22.9. The van der Waals surface area contributed by atoms with Crippen molar-refractivity contribution >= 4 is 17.3 Å². The van der Waals surface area contributed by atoms with E-state index in [1.165, 1.54) is 27.6 Å². The van der Waals surface area contributed by atoms with Gasteiger partial charge in [-0.15, -0.1) is 10.2 Å². The standard InChI is InChI=1S/C21H18ClFN8O2/c1-29-18(21(27-28-29)16-5-4-13(22)7-17(16)23)12-31-20(32)8-14(9-25-31)30-10-15(11-30)33-19-3-2-6-24-26-19/h2-9,15H,10-12H2,1H3. The predicted molar refractivity (Wildman–Crippen MR) is 118 cm³/mol. The van der Waals surface area contributed by atoms with Crippen LogP contribution >= 0.6 is 11.6 Å². The largest absolute Gasteiger partial charge is 0.469 e. The van der Waals surface area contributed by atoms with Crippen molar-refractivity contribution in [1.82, 2.24) is 35.0 Å². The van der Waals surface area contributed by atoms with Gasteiger partial charge in [0.2, 0.25) is 5.88 Å². The summed E-state index contributed by atoms with van der Waals surface area (Å²) in [6, 6.07) is 9.34. The minimum atomic E-state index is -0.518. The molecule has 4 heterocycles. The van der Waals surface area contributed by atoms with Crippen LogP contribution < -0.4 is 15.2 Å². The van der Waals surface area contributed by atoms with Crippen LogP contribution in [0, 0.1) is 5.82 Å². The fourth-order valence-electron chi connectivity index (χ4n) is 3.55. The molecular formula is C21H18ClFN8O2. The van der Waals surface area contributed by atoms with E-state index in [1.807, 2.05) is 4.90 Å². The number of benzene rings is 1. The van der Waals surface area contributed by atoms with Gasteiger partial charge in [0.05, 0.1) is 37.2 Å². The molecule has 0 saturated carbocycles. The van der Waals surface area contributed by atoms with Crippen molar-refractivity contribution in [2.24, 2.45) is 7.05 Å². The summed E-state index contributed by atoms with van der Waals surface area (Å²) in [7, 11) is 1.68. The van der Waals surface area contributed by atoms with Gasteiger partial charge in [0, 0.05) is 36.0 Å². The van der Waals surface area contributed by atoms with Crippen molar-refractivity contribution in [3.05, 3.63) is 75.7 Å². The van der Waals surface area contributed by atoms with Gasteiger partial charge in [-0.05, 0) is 24.3 Å². The molecule has 168 valence electrons. The van der Waals surface area contributed by atoms with Gasteiger partial charge in [-0.3, -0.25) is 4.79 Å². The van der Waals surface area contributed by atoms with E-state index in [2.05, 4.69) is 25.6 Å². The third-order valence-electron chi connectivity index (χ3n) is 5.33. The second-order valence-corrected chi connectivity index (χ2v) is 7.99. The number of anilines is 1. The van der Waals surface area contributed by atoms with E-state index in [-0.39, 0.29) is 28.8 Å². The van der Waals surface area contributed by atoms with E-state index in [0.717, 1.165) is 0 Å². The molecule has 0 unspecified atom stereocenters. The number of ether oxygens (including phenoxy) is 1. The molecule has 0 atom stereocenters. The molecular weight excluding hydrogens is 451 g/mol. The molecule has 0 N–H and O–H groups in total. The van der Waals surface area contributed by atoms with Crippen LogP contribution in [-0.4, -0.2) is 54.2 Å². The van der Waals surface area contributed by atoms with Gasteiger partial charge in [-0.25, -0.2) is 13.8 Å². The van der Waals surface area contributed by atoms with Gasteiger partial charge in [-0.2, -0.15) is 10.2 Å². The summed E-state index contributed by atoms with van der Waals surface area (Å²) in [6.45, 7) is 1.29. The molecule has 1 saturated heterocycles. The number of halogens is 2. The average Bonchev–Trinajstić information content (AvgIpc) is 3.12. The van der Waals surface area contributed by atoms with Gasteiger partial charge in [0.1, 0.15) is 17.6 Å². The Morgan fingerprint density at radius 3 is 2.79 bits per heavy atom. The molecule has 33 heavy (non-hydrogen) atoms. The molecule has 5 rings (SSSR count). The Bertz CT molecular complexity index is 1350. The normalized spacial score (nSPS) is 13.7. The summed E-state index contributed by atoms with van der Waals surface area (Å²) in [5.41, 5.74) is 1.52. The van der Waals surface area contributed by atoms with E-state index in [9.17, 15) is 9.18 Å². The van der Waals surface area contributed by atoms with Crippen LogP contribution in [0.15, 0.2) is 53.6 Å². The maximum Gasteiger partial charge on any atom is 0.269 e. The lowest BCUT2D eigenvalue weighted by Gasteiger charge is -2.39.